The fourth-order valence-corrected chi connectivity index (χ4v) is 9.10. The zero-order valence-corrected chi connectivity index (χ0v) is 31.0. The van der Waals surface area contributed by atoms with E-state index in [4.69, 9.17) is 0 Å². The zero-order chi connectivity index (χ0) is 35.3. The lowest BCUT2D eigenvalue weighted by Crippen LogP contribution is -2.25. The summed E-state index contributed by atoms with van der Waals surface area (Å²) in [4.78, 5) is 0. The topological polar surface area (TPSA) is 0 Å². The van der Waals surface area contributed by atoms with Crippen molar-refractivity contribution in [1.82, 2.24) is 0 Å². The van der Waals surface area contributed by atoms with E-state index in [1.165, 1.54) is 89.9 Å². The molecule has 0 spiro atoms. The molecule has 0 N–H and O–H groups in total. The van der Waals surface area contributed by atoms with Gasteiger partial charge in [0.1, 0.15) is 0 Å². The van der Waals surface area contributed by atoms with Crippen molar-refractivity contribution in [3.05, 3.63) is 82.9 Å². The van der Waals surface area contributed by atoms with Gasteiger partial charge in [0.2, 0.25) is 0 Å². The molecule has 0 saturated heterocycles. The molecule has 2 aliphatic rings. The van der Waals surface area contributed by atoms with Gasteiger partial charge >= 0.3 is 0 Å². The van der Waals surface area contributed by atoms with Crippen LogP contribution in [0.1, 0.15) is 166 Å². The molecule has 50 heavy (non-hydrogen) atoms. The molecule has 0 heterocycles. The molecule has 0 aromatic heterocycles. The number of hydrogen-bond donors (Lipinski definition) is 0. The lowest BCUT2D eigenvalue weighted by Gasteiger charge is -2.38. The summed E-state index contributed by atoms with van der Waals surface area (Å²) in [6.07, 6.45) is 26.2. The highest BCUT2D eigenvalue weighted by Gasteiger charge is 2.32. The predicted molar refractivity (Wildman–Crippen MR) is 202 cm³/mol. The van der Waals surface area contributed by atoms with E-state index >= 15 is 13.2 Å². The third-order valence-corrected chi connectivity index (χ3v) is 12.3. The fourth-order valence-electron chi connectivity index (χ4n) is 9.10. The summed E-state index contributed by atoms with van der Waals surface area (Å²) in [5, 5.41) is 0. The Morgan fingerprint density at radius 1 is 0.460 bits per heavy atom. The minimum Gasteiger partial charge on any atom is -0.203 e. The fraction of sp³-hybridized carbons (Fsp3) is 0.609. The second-order valence-corrected chi connectivity index (χ2v) is 15.8. The van der Waals surface area contributed by atoms with E-state index in [0.717, 1.165) is 62.7 Å². The van der Waals surface area contributed by atoms with Gasteiger partial charge in [-0.25, -0.2) is 17.6 Å². The first-order valence-electron chi connectivity index (χ1n) is 20.5. The number of rotatable bonds is 18. The molecule has 0 bridgehead atoms. The Hall–Kier alpha value is -2.62. The summed E-state index contributed by atoms with van der Waals surface area (Å²) in [5.74, 6) is -0.698. The second kappa shape index (κ2) is 19.8. The van der Waals surface area contributed by atoms with Gasteiger partial charge in [0.25, 0.3) is 0 Å². The average molecular weight is 691 g/mol. The molecule has 3 aromatic carbocycles. The SMILES string of the molecule is CCCCCCCCCc1ccc(-c2ccc(-c3ccc(C4CCC(C5CCC(CCCCCCC)CC5)CC4)c(F)c3F)cc2)c(F)c1F. The maximum atomic E-state index is 15.6. The largest absolute Gasteiger partial charge is 0.203 e. The molecular formula is C46H62F4. The summed E-state index contributed by atoms with van der Waals surface area (Å²) in [6, 6.07) is 13.4. The molecule has 0 amide bonds. The molecule has 4 heteroatoms. The van der Waals surface area contributed by atoms with E-state index in [-0.39, 0.29) is 17.0 Å². The Kier molecular flexibility index (Phi) is 15.3. The molecule has 2 fully saturated rings. The van der Waals surface area contributed by atoms with Crippen LogP contribution in [0.4, 0.5) is 17.6 Å². The smallest absolute Gasteiger partial charge is 0.166 e. The van der Waals surface area contributed by atoms with Crippen LogP contribution >= 0.6 is 0 Å². The third kappa shape index (κ3) is 10.3. The molecule has 0 unspecified atom stereocenters. The number of hydrogen-bond acceptors (Lipinski definition) is 0. The van der Waals surface area contributed by atoms with E-state index in [2.05, 4.69) is 13.8 Å². The highest BCUT2D eigenvalue weighted by molar-refractivity contribution is 5.71. The van der Waals surface area contributed by atoms with E-state index in [9.17, 15) is 4.39 Å². The molecule has 0 radical (unpaired) electrons. The number of benzene rings is 3. The first-order chi connectivity index (χ1) is 24.4. The quantitative estimate of drug-likeness (QED) is 0.0921. The van der Waals surface area contributed by atoms with Crippen LogP contribution < -0.4 is 0 Å². The Balaban J connectivity index is 1.12. The molecule has 2 saturated carbocycles. The summed E-state index contributed by atoms with van der Waals surface area (Å²) in [5.41, 5.74) is 2.33. The van der Waals surface area contributed by atoms with Gasteiger partial charge < -0.3 is 0 Å². The van der Waals surface area contributed by atoms with Gasteiger partial charge in [-0.2, -0.15) is 0 Å². The lowest BCUT2D eigenvalue weighted by atomic mass is 9.68. The molecule has 3 aromatic rings. The van der Waals surface area contributed by atoms with Crippen molar-refractivity contribution < 1.29 is 17.6 Å². The van der Waals surface area contributed by atoms with Crippen LogP contribution in [0.5, 0.6) is 0 Å². The van der Waals surface area contributed by atoms with Crippen LogP contribution in [0, 0.1) is 41.0 Å². The number of aryl methyl sites for hydroxylation is 1. The van der Waals surface area contributed by atoms with Crippen molar-refractivity contribution in [2.45, 2.75) is 161 Å². The van der Waals surface area contributed by atoms with E-state index < -0.39 is 23.3 Å². The maximum Gasteiger partial charge on any atom is 0.166 e. The van der Waals surface area contributed by atoms with Crippen LogP contribution in [0.15, 0.2) is 48.5 Å². The monoisotopic (exact) mass is 690 g/mol. The lowest BCUT2D eigenvalue weighted by molar-refractivity contribution is 0.155. The number of halogens is 4. The molecule has 0 atom stereocenters. The van der Waals surface area contributed by atoms with E-state index in [1.54, 1.807) is 48.5 Å². The summed E-state index contributed by atoms with van der Waals surface area (Å²) in [6.45, 7) is 4.47. The predicted octanol–water partition coefficient (Wildman–Crippen LogP) is 15.3. The van der Waals surface area contributed by atoms with Crippen LogP contribution in [-0.4, -0.2) is 0 Å². The van der Waals surface area contributed by atoms with Crippen molar-refractivity contribution in [3.8, 4) is 22.3 Å². The minimum absolute atomic E-state index is 0.0586. The van der Waals surface area contributed by atoms with Gasteiger partial charge in [0.05, 0.1) is 0 Å². The highest BCUT2D eigenvalue weighted by atomic mass is 19.2. The van der Waals surface area contributed by atoms with Gasteiger partial charge in [-0.15, -0.1) is 0 Å². The van der Waals surface area contributed by atoms with Gasteiger partial charge in [-0.1, -0.05) is 152 Å². The van der Waals surface area contributed by atoms with Gasteiger partial charge in [-0.05, 0) is 97.3 Å². The second-order valence-electron chi connectivity index (χ2n) is 15.8. The Bertz CT molecular complexity index is 1440. The van der Waals surface area contributed by atoms with Gasteiger partial charge in [-0.3, -0.25) is 0 Å². The molecule has 2 aliphatic carbocycles. The maximum absolute atomic E-state index is 15.6. The zero-order valence-electron chi connectivity index (χ0n) is 31.0. The standard InChI is InChI=1S/C46H62F4/c1-3-5-7-9-10-12-14-16-39-29-30-40(44(48)43(39)47)37-25-27-38(28-26-37)42-32-31-41(45(49)46(42)50)36-23-21-35(22-24-36)34-19-17-33(18-20-34)15-13-11-8-6-4-2/h25-36H,3-24H2,1-2H3. The van der Waals surface area contributed by atoms with Crippen molar-refractivity contribution in [2.24, 2.45) is 17.8 Å². The molecule has 5 rings (SSSR count). The van der Waals surface area contributed by atoms with Gasteiger partial charge in [0.15, 0.2) is 23.3 Å². The van der Waals surface area contributed by atoms with Gasteiger partial charge in [0, 0.05) is 11.1 Å². The molecule has 274 valence electrons. The van der Waals surface area contributed by atoms with Crippen molar-refractivity contribution in [1.29, 1.82) is 0 Å². The van der Waals surface area contributed by atoms with Crippen LogP contribution in [-0.2, 0) is 6.42 Å². The van der Waals surface area contributed by atoms with Crippen molar-refractivity contribution in [3.63, 3.8) is 0 Å². The summed E-state index contributed by atoms with van der Waals surface area (Å²) >= 11 is 0. The van der Waals surface area contributed by atoms with Crippen molar-refractivity contribution in [2.75, 3.05) is 0 Å². The third-order valence-electron chi connectivity index (χ3n) is 12.3. The Morgan fingerprint density at radius 2 is 0.940 bits per heavy atom. The van der Waals surface area contributed by atoms with E-state index in [0.29, 0.717) is 28.7 Å². The normalized spacial score (nSPS) is 21.1. The Labute approximate surface area is 300 Å². The minimum atomic E-state index is -0.852. The molecule has 0 aliphatic heterocycles. The summed E-state index contributed by atoms with van der Waals surface area (Å²) < 4.78 is 61.3. The molecular weight excluding hydrogens is 628 g/mol. The highest BCUT2D eigenvalue weighted by Crippen LogP contribution is 2.45. The van der Waals surface area contributed by atoms with Crippen LogP contribution in [0.2, 0.25) is 0 Å². The van der Waals surface area contributed by atoms with E-state index in [1.807, 2.05) is 0 Å². The first kappa shape index (κ1) is 38.6. The van der Waals surface area contributed by atoms with Crippen LogP contribution in [0.25, 0.3) is 22.3 Å². The van der Waals surface area contributed by atoms with Crippen molar-refractivity contribution >= 4 is 0 Å². The Morgan fingerprint density at radius 3 is 1.52 bits per heavy atom. The average Bonchev–Trinajstić information content (AvgIpc) is 3.14. The first-order valence-corrected chi connectivity index (χ1v) is 20.5. The molecule has 0 nitrogen and oxygen atoms in total. The van der Waals surface area contributed by atoms with Crippen LogP contribution in [0.3, 0.4) is 0 Å². The summed E-state index contributed by atoms with van der Waals surface area (Å²) in [7, 11) is 0. The number of unbranched alkanes of at least 4 members (excludes halogenated alkanes) is 10.